The number of aromatic amines is 1. The van der Waals surface area contributed by atoms with Gasteiger partial charge in [0.25, 0.3) is 0 Å². The predicted molar refractivity (Wildman–Crippen MR) is 104 cm³/mol. The molecule has 2 aromatic heterocycles. The summed E-state index contributed by atoms with van der Waals surface area (Å²) in [5.41, 5.74) is 3.63. The SMILES string of the molecule is CC(C)c1cc(-c2cnc3[nH]cc(C(=O)C4CC4)c3c2)cc(S(N)(=O)=O)c1. The van der Waals surface area contributed by atoms with Gasteiger partial charge in [-0.1, -0.05) is 19.9 Å². The van der Waals surface area contributed by atoms with Gasteiger partial charge < -0.3 is 4.98 Å². The largest absolute Gasteiger partial charge is 0.345 e. The number of hydrogen-bond acceptors (Lipinski definition) is 4. The molecule has 7 heteroatoms. The molecule has 0 amide bonds. The Kier molecular flexibility index (Phi) is 4.16. The Morgan fingerprint density at radius 3 is 2.56 bits per heavy atom. The van der Waals surface area contributed by atoms with Gasteiger partial charge in [-0.3, -0.25) is 4.79 Å². The fourth-order valence-electron chi connectivity index (χ4n) is 3.22. The second-order valence-electron chi connectivity index (χ2n) is 7.45. The molecule has 3 aromatic rings. The van der Waals surface area contributed by atoms with Gasteiger partial charge in [0.1, 0.15) is 5.65 Å². The van der Waals surface area contributed by atoms with E-state index in [4.69, 9.17) is 5.14 Å². The van der Waals surface area contributed by atoms with E-state index in [1.54, 1.807) is 24.5 Å². The summed E-state index contributed by atoms with van der Waals surface area (Å²) in [7, 11) is -3.83. The predicted octanol–water partition coefficient (Wildman–Crippen LogP) is 3.59. The number of Topliss-reactive ketones (excluding diaryl/α,β-unsaturated/α-hetero) is 1. The average Bonchev–Trinajstić information content (AvgIpc) is 3.39. The smallest absolute Gasteiger partial charge is 0.238 e. The number of pyridine rings is 1. The molecule has 0 unspecified atom stereocenters. The zero-order valence-corrected chi connectivity index (χ0v) is 16.0. The summed E-state index contributed by atoms with van der Waals surface area (Å²) in [4.78, 5) is 20.1. The first-order valence-corrected chi connectivity index (χ1v) is 10.5. The molecule has 27 heavy (non-hydrogen) atoms. The van der Waals surface area contributed by atoms with Crippen LogP contribution < -0.4 is 5.14 Å². The highest BCUT2D eigenvalue weighted by Gasteiger charge is 2.32. The number of primary sulfonamides is 1. The van der Waals surface area contributed by atoms with Crippen molar-refractivity contribution in [2.45, 2.75) is 37.5 Å². The minimum Gasteiger partial charge on any atom is -0.345 e. The molecule has 0 saturated heterocycles. The third kappa shape index (κ3) is 3.40. The van der Waals surface area contributed by atoms with Gasteiger partial charge in [0.2, 0.25) is 10.0 Å². The topological polar surface area (TPSA) is 106 Å². The number of carbonyl (C=O) groups excluding carboxylic acids is 1. The Labute approximate surface area is 157 Å². The molecule has 2 heterocycles. The molecule has 1 aromatic carbocycles. The fraction of sp³-hybridized carbons (Fsp3) is 0.300. The van der Waals surface area contributed by atoms with Crippen molar-refractivity contribution < 1.29 is 13.2 Å². The van der Waals surface area contributed by atoms with Crippen LogP contribution in [0.15, 0.2) is 41.6 Å². The van der Waals surface area contributed by atoms with Crippen LogP contribution in [0.4, 0.5) is 0 Å². The van der Waals surface area contributed by atoms with Crippen molar-refractivity contribution >= 4 is 26.8 Å². The van der Waals surface area contributed by atoms with Crippen LogP contribution in [0.1, 0.15) is 48.5 Å². The molecule has 0 atom stereocenters. The van der Waals surface area contributed by atoms with E-state index >= 15 is 0 Å². The van der Waals surface area contributed by atoms with Gasteiger partial charge in [0.15, 0.2) is 5.78 Å². The van der Waals surface area contributed by atoms with Crippen LogP contribution in [-0.2, 0) is 10.0 Å². The summed E-state index contributed by atoms with van der Waals surface area (Å²) in [5, 5.41) is 6.12. The van der Waals surface area contributed by atoms with Crippen molar-refractivity contribution in [1.82, 2.24) is 9.97 Å². The van der Waals surface area contributed by atoms with Gasteiger partial charge in [-0.05, 0) is 48.1 Å². The lowest BCUT2D eigenvalue weighted by Crippen LogP contribution is -2.12. The molecule has 1 aliphatic rings. The van der Waals surface area contributed by atoms with E-state index in [1.807, 2.05) is 26.0 Å². The Morgan fingerprint density at radius 2 is 1.93 bits per heavy atom. The second kappa shape index (κ2) is 6.28. The van der Waals surface area contributed by atoms with Crippen LogP contribution in [0, 0.1) is 5.92 Å². The maximum absolute atomic E-state index is 12.5. The fourth-order valence-corrected chi connectivity index (χ4v) is 3.81. The summed E-state index contributed by atoms with van der Waals surface area (Å²) in [6, 6.07) is 6.99. The molecule has 0 radical (unpaired) electrons. The summed E-state index contributed by atoms with van der Waals surface area (Å²) in [5.74, 6) is 0.397. The summed E-state index contributed by atoms with van der Waals surface area (Å²) in [6.07, 6.45) is 5.26. The first-order valence-electron chi connectivity index (χ1n) is 8.93. The Balaban J connectivity index is 1.87. The number of fused-ring (bicyclic) bond motifs is 1. The molecule has 4 rings (SSSR count). The van der Waals surface area contributed by atoms with E-state index in [9.17, 15) is 13.2 Å². The zero-order chi connectivity index (χ0) is 19.3. The highest BCUT2D eigenvalue weighted by molar-refractivity contribution is 7.89. The lowest BCUT2D eigenvalue weighted by atomic mass is 9.97. The molecule has 1 saturated carbocycles. The van der Waals surface area contributed by atoms with Crippen LogP contribution in [0.25, 0.3) is 22.2 Å². The van der Waals surface area contributed by atoms with Crippen LogP contribution in [0.2, 0.25) is 0 Å². The van der Waals surface area contributed by atoms with Crippen molar-refractivity contribution in [2.24, 2.45) is 11.1 Å². The third-order valence-electron chi connectivity index (χ3n) is 5.00. The molecule has 0 spiro atoms. The highest BCUT2D eigenvalue weighted by Crippen LogP contribution is 2.35. The van der Waals surface area contributed by atoms with Gasteiger partial charge >= 0.3 is 0 Å². The number of nitrogens with one attached hydrogen (secondary N) is 1. The van der Waals surface area contributed by atoms with Crippen molar-refractivity contribution in [3.05, 3.63) is 47.8 Å². The molecule has 1 fully saturated rings. The molecule has 6 nitrogen and oxygen atoms in total. The monoisotopic (exact) mass is 383 g/mol. The van der Waals surface area contributed by atoms with E-state index < -0.39 is 10.0 Å². The number of rotatable bonds is 5. The average molecular weight is 383 g/mol. The van der Waals surface area contributed by atoms with Gasteiger partial charge in [-0.2, -0.15) is 0 Å². The number of aromatic nitrogens is 2. The number of sulfonamides is 1. The Hall–Kier alpha value is -2.51. The van der Waals surface area contributed by atoms with Gasteiger partial charge in [-0.25, -0.2) is 18.5 Å². The standard InChI is InChI=1S/C20H21N3O3S/c1-11(2)13-5-14(7-16(6-13)27(21,25)26)15-8-17-18(19(24)12-3-4-12)10-23-20(17)22-9-15/h5-12H,3-4H2,1-2H3,(H,22,23)(H2,21,25,26). The maximum Gasteiger partial charge on any atom is 0.238 e. The molecule has 140 valence electrons. The lowest BCUT2D eigenvalue weighted by Gasteiger charge is -2.11. The highest BCUT2D eigenvalue weighted by atomic mass is 32.2. The van der Waals surface area contributed by atoms with E-state index in [0.717, 1.165) is 29.4 Å². The Bertz CT molecular complexity index is 1160. The minimum atomic E-state index is -3.83. The minimum absolute atomic E-state index is 0.0761. The van der Waals surface area contributed by atoms with Gasteiger partial charge in [-0.15, -0.1) is 0 Å². The lowest BCUT2D eigenvalue weighted by molar-refractivity contribution is 0.0969. The molecule has 1 aliphatic carbocycles. The normalized spacial score (nSPS) is 14.8. The Morgan fingerprint density at radius 1 is 1.19 bits per heavy atom. The second-order valence-corrected chi connectivity index (χ2v) is 9.01. The van der Waals surface area contributed by atoms with Crippen molar-refractivity contribution in [1.29, 1.82) is 0 Å². The molecule has 0 bridgehead atoms. The molecular formula is C20H21N3O3S. The van der Waals surface area contributed by atoms with Crippen LogP contribution in [0.3, 0.4) is 0 Å². The number of ketones is 1. The van der Waals surface area contributed by atoms with Crippen molar-refractivity contribution in [3.63, 3.8) is 0 Å². The maximum atomic E-state index is 12.5. The number of benzene rings is 1. The first-order chi connectivity index (χ1) is 12.7. The molecule has 3 N–H and O–H groups in total. The van der Waals surface area contributed by atoms with Crippen molar-refractivity contribution in [3.8, 4) is 11.1 Å². The van der Waals surface area contributed by atoms with Gasteiger partial charge in [0.05, 0.1) is 4.90 Å². The number of nitrogens with two attached hydrogens (primary N) is 1. The third-order valence-corrected chi connectivity index (χ3v) is 5.89. The van der Waals surface area contributed by atoms with E-state index in [2.05, 4.69) is 9.97 Å². The van der Waals surface area contributed by atoms with E-state index in [1.165, 1.54) is 0 Å². The zero-order valence-electron chi connectivity index (χ0n) is 15.2. The van der Waals surface area contributed by atoms with Crippen LogP contribution in [0.5, 0.6) is 0 Å². The first kappa shape index (κ1) is 17.9. The summed E-state index contributed by atoms with van der Waals surface area (Å²) < 4.78 is 23.8. The van der Waals surface area contributed by atoms with E-state index in [-0.39, 0.29) is 22.5 Å². The van der Waals surface area contributed by atoms with Gasteiger partial charge in [0, 0.05) is 34.8 Å². The molecular weight excluding hydrogens is 362 g/mol. The van der Waals surface area contributed by atoms with E-state index in [0.29, 0.717) is 16.8 Å². The number of hydrogen-bond donors (Lipinski definition) is 2. The number of nitrogens with zero attached hydrogens (tertiary/aromatic N) is 1. The summed E-state index contributed by atoms with van der Waals surface area (Å²) in [6.45, 7) is 3.98. The molecule has 0 aliphatic heterocycles. The summed E-state index contributed by atoms with van der Waals surface area (Å²) >= 11 is 0. The van der Waals surface area contributed by atoms with Crippen LogP contribution >= 0.6 is 0 Å². The van der Waals surface area contributed by atoms with Crippen LogP contribution in [-0.4, -0.2) is 24.2 Å². The quantitative estimate of drug-likeness (QED) is 0.657. The van der Waals surface area contributed by atoms with Crippen molar-refractivity contribution in [2.75, 3.05) is 0 Å². The number of H-pyrrole nitrogens is 1. The number of carbonyl (C=O) groups is 1.